The van der Waals surface area contributed by atoms with Crippen LogP contribution in [0.1, 0.15) is 24.2 Å². The Morgan fingerprint density at radius 3 is 2.54 bits per heavy atom. The van der Waals surface area contributed by atoms with Gasteiger partial charge in [-0.25, -0.2) is 0 Å². The molecular weight excluding hydrogens is 361 g/mol. The summed E-state index contributed by atoms with van der Waals surface area (Å²) >= 11 is 0. The molecule has 2 amide bonds. The number of hydrogen-bond donors (Lipinski definition) is 4. The second-order valence-corrected chi connectivity index (χ2v) is 6.40. The van der Waals surface area contributed by atoms with E-state index < -0.39 is 30.9 Å². The van der Waals surface area contributed by atoms with Gasteiger partial charge in [-0.2, -0.15) is 0 Å². The highest BCUT2D eigenvalue weighted by Gasteiger charge is 2.29. The van der Waals surface area contributed by atoms with Crippen molar-refractivity contribution >= 4 is 29.9 Å². The van der Waals surface area contributed by atoms with Crippen LogP contribution < -0.4 is 10.6 Å². The number of carbonyl (C=O) groups is 2. The number of aromatic nitrogens is 1. The van der Waals surface area contributed by atoms with Crippen molar-refractivity contribution in [2.24, 2.45) is 0 Å². The van der Waals surface area contributed by atoms with E-state index in [0.29, 0.717) is 16.8 Å². The first-order chi connectivity index (χ1) is 13.5. The van der Waals surface area contributed by atoms with Gasteiger partial charge in [-0.1, -0.05) is 24.3 Å². The molecule has 3 rings (SSSR count). The Kier molecular flexibility index (Phi) is 6.08. The summed E-state index contributed by atoms with van der Waals surface area (Å²) < 4.78 is 5.42. The molecule has 2 unspecified atom stereocenters. The maximum absolute atomic E-state index is 12.2. The van der Waals surface area contributed by atoms with E-state index in [4.69, 9.17) is 4.42 Å². The topological polar surface area (TPSA) is 125 Å². The number of rotatable bonds is 6. The van der Waals surface area contributed by atoms with Gasteiger partial charge < -0.3 is 25.1 Å². The number of fused-ring (bicyclic) bond motifs is 1. The fraction of sp³-hybridized carbons (Fsp3) is 0.211. The van der Waals surface area contributed by atoms with Crippen molar-refractivity contribution in [3.05, 3.63) is 66.2 Å². The lowest BCUT2D eigenvalue weighted by atomic mass is 9.76. The Hall–Kier alpha value is -3.17. The highest BCUT2D eigenvalue weighted by atomic mass is 16.4. The van der Waals surface area contributed by atoms with Crippen LogP contribution in [0.2, 0.25) is 0 Å². The van der Waals surface area contributed by atoms with Crippen molar-refractivity contribution < 1.29 is 24.1 Å². The van der Waals surface area contributed by atoms with Crippen LogP contribution in [-0.4, -0.2) is 39.9 Å². The Labute approximate surface area is 161 Å². The quantitative estimate of drug-likeness (QED) is 0.369. The highest BCUT2D eigenvalue weighted by Crippen LogP contribution is 2.22. The molecule has 3 aromatic rings. The maximum atomic E-state index is 12.2. The van der Waals surface area contributed by atoms with E-state index >= 15 is 0 Å². The van der Waals surface area contributed by atoms with Crippen molar-refractivity contribution in [3.63, 3.8) is 0 Å². The van der Waals surface area contributed by atoms with Gasteiger partial charge in [0.1, 0.15) is 5.58 Å². The summed E-state index contributed by atoms with van der Waals surface area (Å²) in [6.07, 6.45) is 3.17. The first kappa shape index (κ1) is 19.6. The third-order valence-electron chi connectivity index (χ3n) is 4.36. The van der Waals surface area contributed by atoms with Crippen molar-refractivity contribution in [2.75, 3.05) is 0 Å². The maximum Gasteiger partial charge on any atom is 0.475 e. The predicted molar refractivity (Wildman–Crippen MR) is 103 cm³/mol. The molecule has 1 aromatic carbocycles. The van der Waals surface area contributed by atoms with Crippen LogP contribution in [0, 0.1) is 0 Å². The number of nitrogens with one attached hydrogen (secondary N) is 2. The van der Waals surface area contributed by atoms with Crippen molar-refractivity contribution in [1.82, 2.24) is 15.6 Å². The zero-order valence-corrected chi connectivity index (χ0v) is 15.2. The summed E-state index contributed by atoms with van der Waals surface area (Å²) in [6, 6.07) is 12.0. The lowest BCUT2D eigenvalue weighted by Gasteiger charge is -2.18. The summed E-state index contributed by atoms with van der Waals surface area (Å²) in [6.45, 7) is 1.70. The first-order valence-electron chi connectivity index (χ1n) is 8.79. The highest BCUT2D eigenvalue weighted by molar-refractivity contribution is 6.45. The van der Waals surface area contributed by atoms with E-state index in [9.17, 15) is 19.6 Å². The zero-order valence-electron chi connectivity index (χ0n) is 15.2. The second kappa shape index (κ2) is 8.68. The van der Waals surface area contributed by atoms with E-state index in [0.717, 1.165) is 5.39 Å². The number of carbonyl (C=O) groups excluding carboxylic acids is 2. The Morgan fingerprint density at radius 1 is 1.11 bits per heavy atom. The molecule has 8 nitrogen and oxygen atoms in total. The number of nitrogens with zero attached hydrogens (tertiary/aromatic N) is 1. The minimum absolute atomic E-state index is 0.0868. The zero-order chi connectivity index (χ0) is 20.1. The minimum atomic E-state index is -1.85. The monoisotopic (exact) mass is 381 g/mol. The largest absolute Gasteiger partial charge is 0.475 e. The summed E-state index contributed by atoms with van der Waals surface area (Å²) in [5.41, 5.74) is 1.94. The van der Waals surface area contributed by atoms with E-state index in [1.165, 1.54) is 6.26 Å². The molecule has 28 heavy (non-hydrogen) atoms. The molecule has 9 heteroatoms. The molecule has 0 fully saturated rings. The van der Waals surface area contributed by atoms with Gasteiger partial charge in [0.15, 0.2) is 0 Å². The van der Waals surface area contributed by atoms with Crippen molar-refractivity contribution in [2.45, 2.75) is 25.3 Å². The Morgan fingerprint density at radius 2 is 1.82 bits per heavy atom. The fourth-order valence-corrected chi connectivity index (χ4v) is 2.86. The molecular formula is C19H20BN3O5. The van der Waals surface area contributed by atoms with Gasteiger partial charge in [0.2, 0.25) is 0 Å². The van der Waals surface area contributed by atoms with Crippen LogP contribution in [-0.2, 0) is 16.0 Å². The molecule has 0 radical (unpaired) electrons. The summed E-state index contributed by atoms with van der Waals surface area (Å²) in [5.74, 6) is -2.93. The van der Waals surface area contributed by atoms with Gasteiger partial charge in [0, 0.05) is 11.6 Å². The predicted octanol–water partition coefficient (Wildman–Crippen LogP) is 0.744. The lowest BCUT2D eigenvalue weighted by molar-refractivity contribution is -0.139. The van der Waals surface area contributed by atoms with Crippen LogP contribution in [0.3, 0.4) is 0 Å². The molecule has 0 bridgehead atoms. The smallest absolute Gasteiger partial charge is 0.464 e. The average Bonchev–Trinajstić information content (AvgIpc) is 3.11. The number of para-hydroxylation sites is 1. The number of furan rings is 1. The second-order valence-electron chi connectivity index (χ2n) is 6.40. The van der Waals surface area contributed by atoms with Gasteiger partial charge in [-0.05, 0) is 37.1 Å². The third kappa shape index (κ3) is 4.57. The van der Waals surface area contributed by atoms with Crippen LogP contribution in [0.25, 0.3) is 11.0 Å². The lowest BCUT2D eigenvalue weighted by Crippen LogP contribution is -2.52. The molecule has 0 aliphatic carbocycles. The van der Waals surface area contributed by atoms with Gasteiger partial charge in [0.25, 0.3) is 0 Å². The van der Waals surface area contributed by atoms with Gasteiger partial charge in [-0.3, -0.25) is 14.6 Å². The molecule has 2 heterocycles. The SMILES string of the molecule is CC(NC(=O)C(=O)NC(Cc1coc2ccccc12)B(O)O)c1ccccn1. The summed E-state index contributed by atoms with van der Waals surface area (Å²) in [7, 11) is -1.85. The summed E-state index contributed by atoms with van der Waals surface area (Å²) in [5, 5.41) is 25.0. The van der Waals surface area contributed by atoms with Crippen molar-refractivity contribution in [1.29, 1.82) is 0 Å². The number of benzene rings is 1. The van der Waals surface area contributed by atoms with Crippen LogP contribution in [0.15, 0.2) is 59.3 Å². The van der Waals surface area contributed by atoms with Crippen LogP contribution in [0.4, 0.5) is 0 Å². The molecule has 0 aliphatic heterocycles. The molecule has 0 aliphatic rings. The van der Waals surface area contributed by atoms with Gasteiger partial charge in [0.05, 0.1) is 23.9 Å². The summed E-state index contributed by atoms with van der Waals surface area (Å²) in [4.78, 5) is 28.5. The standard InChI is InChI=1S/C19H20BN3O5/c1-12(15-7-4-5-9-21-15)22-18(24)19(25)23-17(20(26)27)10-13-11-28-16-8-3-2-6-14(13)16/h2-9,11-12,17,26-27H,10H2,1H3,(H,22,24)(H,23,25). The molecule has 2 aromatic heterocycles. The Balaban J connectivity index is 1.65. The molecule has 2 atom stereocenters. The van der Waals surface area contributed by atoms with Crippen LogP contribution >= 0.6 is 0 Å². The number of pyridine rings is 1. The van der Waals surface area contributed by atoms with Crippen molar-refractivity contribution in [3.8, 4) is 0 Å². The molecule has 0 saturated heterocycles. The van der Waals surface area contributed by atoms with Crippen LogP contribution in [0.5, 0.6) is 0 Å². The number of hydrogen-bond acceptors (Lipinski definition) is 6. The molecule has 0 saturated carbocycles. The van der Waals surface area contributed by atoms with E-state index in [2.05, 4.69) is 15.6 Å². The van der Waals surface area contributed by atoms with E-state index in [1.807, 2.05) is 18.2 Å². The minimum Gasteiger partial charge on any atom is -0.464 e. The van der Waals surface area contributed by atoms with E-state index in [-0.39, 0.29) is 6.42 Å². The van der Waals surface area contributed by atoms with Gasteiger partial charge >= 0.3 is 18.9 Å². The fourth-order valence-electron chi connectivity index (χ4n) is 2.86. The van der Waals surface area contributed by atoms with E-state index in [1.54, 1.807) is 37.4 Å². The first-order valence-corrected chi connectivity index (χ1v) is 8.79. The third-order valence-corrected chi connectivity index (χ3v) is 4.36. The average molecular weight is 381 g/mol. The number of amides is 2. The molecule has 4 N–H and O–H groups in total. The molecule has 0 spiro atoms. The van der Waals surface area contributed by atoms with Gasteiger partial charge in [-0.15, -0.1) is 0 Å². The molecule has 144 valence electrons. The normalized spacial score (nSPS) is 13.0. The Bertz CT molecular complexity index is 960.